The van der Waals surface area contributed by atoms with Crippen LogP contribution in [-0.4, -0.2) is 12.5 Å². The Morgan fingerprint density at radius 3 is 2.75 bits per heavy atom. The Labute approximate surface area is 112 Å². The third-order valence-corrected chi connectivity index (χ3v) is 4.13. The Balaban J connectivity index is 1.97. The first-order valence-corrected chi connectivity index (χ1v) is 6.90. The summed E-state index contributed by atoms with van der Waals surface area (Å²) in [5.41, 5.74) is 0.691. The van der Waals surface area contributed by atoms with E-state index >= 15 is 0 Å². The van der Waals surface area contributed by atoms with E-state index in [4.69, 9.17) is 0 Å². The van der Waals surface area contributed by atoms with E-state index in [0.29, 0.717) is 11.5 Å². The van der Waals surface area contributed by atoms with Gasteiger partial charge in [-0.2, -0.15) is 0 Å². The molecule has 0 aliphatic heterocycles. The van der Waals surface area contributed by atoms with Crippen LogP contribution in [0.4, 0.5) is 0 Å². The summed E-state index contributed by atoms with van der Waals surface area (Å²) in [6.07, 6.45) is 1.24. The summed E-state index contributed by atoms with van der Waals surface area (Å²) < 4.78 is 1.79. The summed E-state index contributed by atoms with van der Waals surface area (Å²) in [5, 5.41) is 2.97. The van der Waals surface area contributed by atoms with E-state index < -0.39 is 0 Å². The van der Waals surface area contributed by atoms with Crippen LogP contribution in [0.15, 0.2) is 27.1 Å². The minimum atomic E-state index is -0.00141. The van der Waals surface area contributed by atoms with Gasteiger partial charge in [0.15, 0.2) is 0 Å². The lowest BCUT2D eigenvalue weighted by atomic mass is 10.2. The lowest BCUT2D eigenvalue weighted by molar-refractivity contribution is 0.0950. The molecule has 1 aliphatic carbocycles. The highest BCUT2D eigenvalue weighted by atomic mass is 79.9. The number of carbonyl (C=O) groups is 1. The number of amides is 1. The fourth-order valence-electron chi connectivity index (χ4n) is 1.68. The summed E-state index contributed by atoms with van der Waals surface area (Å²) in [7, 11) is 0. The first-order chi connectivity index (χ1) is 7.58. The average Bonchev–Trinajstić information content (AvgIpc) is 2.91. The van der Waals surface area contributed by atoms with Crippen molar-refractivity contribution in [3.63, 3.8) is 0 Å². The molecule has 86 valence electrons. The SMILES string of the molecule is CC1CC1CNC(=O)c1ccc(Br)cc1Br. The number of hydrogen-bond acceptors (Lipinski definition) is 1. The Kier molecular flexibility index (Phi) is 3.70. The molecule has 16 heavy (non-hydrogen) atoms. The molecule has 1 aromatic rings. The monoisotopic (exact) mass is 345 g/mol. The van der Waals surface area contributed by atoms with Gasteiger partial charge in [-0.25, -0.2) is 0 Å². The van der Waals surface area contributed by atoms with Crippen molar-refractivity contribution in [3.05, 3.63) is 32.7 Å². The summed E-state index contributed by atoms with van der Waals surface area (Å²) in [4.78, 5) is 11.9. The zero-order chi connectivity index (χ0) is 11.7. The number of benzene rings is 1. The summed E-state index contributed by atoms with van der Waals surface area (Å²) in [6.45, 7) is 3.01. The number of halogens is 2. The highest BCUT2D eigenvalue weighted by Gasteiger charge is 2.32. The number of nitrogens with one attached hydrogen (secondary N) is 1. The Bertz CT molecular complexity index is 419. The third kappa shape index (κ3) is 2.86. The fourth-order valence-corrected chi connectivity index (χ4v) is 2.90. The van der Waals surface area contributed by atoms with Crippen molar-refractivity contribution >= 4 is 37.8 Å². The molecule has 2 unspecified atom stereocenters. The molecule has 2 rings (SSSR count). The standard InChI is InChI=1S/C12H13Br2NO/c1-7-4-8(7)6-15-12(16)10-3-2-9(13)5-11(10)14/h2-3,5,7-8H,4,6H2,1H3,(H,15,16). The van der Waals surface area contributed by atoms with Crippen molar-refractivity contribution in [1.82, 2.24) is 5.32 Å². The molecule has 1 aromatic carbocycles. The van der Waals surface area contributed by atoms with Gasteiger partial charge < -0.3 is 5.32 Å². The maximum absolute atomic E-state index is 11.9. The van der Waals surface area contributed by atoms with Crippen molar-refractivity contribution in [3.8, 4) is 0 Å². The predicted molar refractivity (Wildman–Crippen MR) is 71.4 cm³/mol. The molecule has 0 aromatic heterocycles. The lowest BCUT2D eigenvalue weighted by Crippen LogP contribution is -2.26. The molecule has 0 radical (unpaired) electrons. The van der Waals surface area contributed by atoms with Gasteiger partial charge in [0.05, 0.1) is 5.56 Å². The van der Waals surface area contributed by atoms with Crippen molar-refractivity contribution < 1.29 is 4.79 Å². The van der Waals surface area contributed by atoms with Crippen LogP contribution >= 0.6 is 31.9 Å². The van der Waals surface area contributed by atoms with Crippen LogP contribution in [0, 0.1) is 11.8 Å². The van der Waals surface area contributed by atoms with E-state index in [1.165, 1.54) is 6.42 Å². The van der Waals surface area contributed by atoms with Gasteiger partial charge in [0.2, 0.25) is 0 Å². The van der Waals surface area contributed by atoms with Gasteiger partial charge in [0.25, 0.3) is 5.91 Å². The van der Waals surface area contributed by atoms with Crippen LogP contribution in [0.25, 0.3) is 0 Å². The molecular weight excluding hydrogens is 334 g/mol. The van der Waals surface area contributed by atoms with Crippen LogP contribution in [0.1, 0.15) is 23.7 Å². The second-order valence-electron chi connectivity index (χ2n) is 4.31. The molecule has 1 aliphatic rings. The molecule has 0 saturated heterocycles. The molecule has 4 heteroatoms. The van der Waals surface area contributed by atoms with E-state index in [9.17, 15) is 4.79 Å². The molecule has 1 saturated carbocycles. The fraction of sp³-hybridized carbons (Fsp3) is 0.417. The molecule has 0 heterocycles. The predicted octanol–water partition coefficient (Wildman–Crippen LogP) is 3.60. The highest BCUT2D eigenvalue weighted by Crippen LogP contribution is 2.36. The molecular formula is C12H13Br2NO. The molecule has 2 atom stereocenters. The zero-order valence-electron chi connectivity index (χ0n) is 8.97. The number of rotatable bonds is 3. The largest absolute Gasteiger partial charge is 0.352 e. The first kappa shape index (κ1) is 12.1. The summed E-state index contributed by atoms with van der Waals surface area (Å²) in [5.74, 6) is 1.45. The summed E-state index contributed by atoms with van der Waals surface area (Å²) >= 11 is 6.76. The van der Waals surface area contributed by atoms with E-state index in [1.54, 1.807) is 0 Å². The molecule has 1 fully saturated rings. The molecule has 2 nitrogen and oxygen atoms in total. The van der Waals surface area contributed by atoms with Crippen LogP contribution < -0.4 is 5.32 Å². The van der Waals surface area contributed by atoms with Gasteiger partial charge in [-0.3, -0.25) is 4.79 Å². The van der Waals surface area contributed by atoms with Crippen LogP contribution in [-0.2, 0) is 0 Å². The molecule has 1 N–H and O–H groups in total. The smallest absolute Gasteiger partial charge is 0.252 e. The first-order valence-electron chi connectivity index (χ1n) is 5.31. The molecule has 0 spiro atoms. The van der Waals surface area contributed by atoms with E-state index in [0.717, 1.165) is 21.4 Å². The lowest BCUT2D eigenvalue weighted by Gasteiger charge is -2.06. The zero-order valence-corrected chi connectivity index (χ0v) is 12.1. The van der Waals surface area contributed by atoms with Crippen molar-refractivity contribution in [2.24, 2.45) is 11.8 Å². The number of carbonyl (C=O) groups excluding carboxylic acids is 1. The molecule has 1 amide bonds. The second kappa shape index (κ2) is 4.88. The van der Waals surface area contributed by atoms with Crippen molar-refractivity contribution in [2.45, 2.75) is 13.3 Å². The molecule has 0 bridgehead atoms. The van der Waals surface area contributed by atoms with Crippen LogP contribution in [0.3, 0.4) is 0 Å². The van der Waals surface area contributed by atoms with Gasteiger partial charge in [0.1, 0.15) is 0 Å². The van der Waals surface area contributed by atoms with E-state index in [1.807, 2.05) is 18.2 Å². The van der Waals surface area contributed by atoms with Gasteiger partial charge in [-0.05, 0) is 52.4 Å². The van der Waals surface area contributed by atoms with Crippen molar-refractivity contribution in [1.29, 1.82) is 0 Å². The van der Waals surface area contributed by atoms with Gasteiger partial charge in [-0.15, -0.1) is 0 Å². The Morgan fingerprint density at radius 2 is 2.19 bits per heavy atom. The van der Waals surface area contributed by atoms with E-state index in [-0.39, 0.29) is 5.91 Å². The Hall–Kier alpha value is -0.350. The normalized spacial score (nSPS) is 22.9. The summed E-state index contributed by atoms with van der Waals surface area (Å²) in [6, 6.07) is 5.58. The minimum absolute atomic E-state index is 0.00141. The average molecular weight is 347 g/mol. The topological polar surface area (TPSA) is 29.1 Å². The van der Waals surface area contributed by atoms with Crippen LogP contribution in [0.2, 0.25) is 0 Å². The quantitative estimate of drug-likeness (QED) is 0.890. The maximum atomic E-state index is 11.9. The van der Waals surface area contributed by atoms with Crippen LogP contribution in [0.5, 0.6) is 0 Å². The van der Waals surface area contributed by atoms with Gasteiger partial charge in [-0.1, -0.05) is 22.9 Å². The minimum Gasteiger partial charge on any atom is -0.352 e. The highest BCUT2D eigenvalue weighted by molar-refractivity contribution is 9.11. The maximum Gasteiger partial charge on any atom is 0.252 e. The Morgan fingerprint density at radius 1 is 1.50 bits per heavy atom. The van der Waals surface area contributed by atoms with Gasteiger partial charge in [0, 0.05) is 15.5 Å². The van der Waals surface area contributed by atoms with Crippen molar-refractivity contribution in [2.75, 3.05) is 6.54 Å². The van der Waals surface area contributed by atoms with E-state index in [2.05, 4.69) is 44.1 Å². The van der Waals surface area contributed by atoms with Gasteiger partial charge >= 0.3 is 0 Å². The third-order valence-electron chi connectivity index (χ3n) is 2.98. The second-order valence-corrected chi connectivity index (χ2v) is 6.08. The number of hydrogen-bond donors (Lipinski definition) is 1.